The Kier molecular flexibility index (Phi) is 5.89. The highest BCUT2D eigenvalue weighted by molar-refractivity contribution is 6.30. The predicted octanol–water partition coefficient (Wildman–Crippen LogP) is 2.79. The first-order valence-electron chi connectivity index (χ1n) is 6.04. The van der Waals surface area contributed by atoms with E-state index in [0.29, 0.717) is 11.1 Å². The SMILES string of the molecule is CC(NCCC(O)C(C)C)c1cccnc1Cl. The second kappa shape index (κ2) is 6.94. The fraction of sp³-hybridized carbons (Fsp3) is 0.615. The van der Waals surface area contributed by atoms with Gasteiger partial charge in [0.05, 0.1) is 6.10 Å². The van der Waals surface area contributed by atoms with Crippen molar-refractivity contribution in [3.8, 4) is 0 Å². The van der Waals surface area contributed by atoms with Crippen molar-refractivity contribution in [3.05, 3.63) is 29.0 Å². The number of nitrogens with one attached hydrogen (secondary N) is 1. The van der Waals surface area contributed by atoms with Gasteiger partial charge in [0.1, 0.15) is 5.15 Å². The summed E-state index contributed by atoms with van der Waals surface area (Å²) < 4.78 is 0. The summed E-state index contributed by atoms with van der Waals surface area (Å²) in [7, 11) is 0. The number of pyridine rings is 1. The minimum absolute atomic E-state index is 0.149. The maximum Gasteiger partial charge on any atom is 0.133 e. The van der Waals surface area contributed by atoms with Crippen LogP contribution in [-0.4, -0.2) is 22.7 Å². The van der Waals surface area contributed by atoms with Crippen molar-refractivity contribution in [1.82, 2.24) is 10.3 Å². The van der Waals surface area contributed by atoms with Crippen LogP contribution in [0.5, 0.6) is 0 Å². The lowest BCUT2D eigenvalue weighted by molar-refractivity contribution is 0.115. The van der Waals surface area contributed by atoms with Crippen LogP contribution in [0, 0.1) is 5.92 Å². The maximum atomic E-state index is 9.69. The van der Waals surface area contributed by atoms with E-state index in [4.69, 9.17) is 11.6 Å². The highest BCUT2D eigenvalue weighted by Gasteiger charge is 2.12. The largest absolute Gasteiger partial charge is 0.393 e. The van der Waals surface area contributed by atoms with Gasteiger partial charge in [0.15, 0.2) is 0 Å². The van der Waals surface area contributed by atoms with Crippen molar-refractivity contribution in [3.63, 3.8) is 0 Å². The van der Waals surface area contributed by atoms with Gasteiger partial charge in [0, 0.05) is 17.8 Å². The van der Waals surface area contributed by atoms with Crippen LogP contribution < -0.4 is 5.32 Å². The van der Waals surface area contributed by atoms with Gasteiger partial charge in [-0.25, -0.2) is 4.98 Å². The number of hydrogen-bond donors (Lipinski definition) is 2. The van der Waals surface area contributed by atoms with E-state index in [1.807, 2.05) is 32.9 Å². The highest BCUT2D eigenvalue weighted by atomic mass is 35.5. The van der Waals surface area contributed by atoms with Gasteiger partial charge in [-0.2, -0.15) is 0 Å². The van der Waals surface area contributed by atoms with Gasteiger partial charge in [-0.05, 0) is 31.9 Å². The van der Waals surface area contributed by atoms with Gasteiger partial charge in [0.25, 0.3) is 0 Å². The third-order valence-corrected chi connectivity index (χ3v) is 3.23. The average Bonchev–Trinajstić information content (AvgIpc) is 2.29. The van der Waals surface area contributed by atoms with Crippen LogP contribution in [0.1, 0.15) is 38.8 Å². The normalized spacial score (nSPS) is 14.9. The number of aliphatic hydroxyl groups excluding tert-OH is 1. The summed E-state index contributed by atoms with van der Waals surface area (Å²) in [5.41, 5.74) is 0.994. The summed E-state index contributed by atoms with van der Waals surface area (Å²) in [6, 6.07) is 3.99. The summed E-state index contributed by atoms with van der Waals surface area (Å²) >= 11 is 6.01. The number of rotatable bonds is 6. The summed E-state index contributed by atoms with van der Waals surface area (Å²) in [5.74, 6) is 0.300. The molecule has 0 amide bonds. The standard InChI is InChI=1S/C13H21ClN2O/c1-9(2)12(17)6-8-15-10(3)11-5-4-7-16-13(11)14/h4-5,7,9-10,12,15,17H,6,8H2,1-3H3. The van der Waals surface area contributed by atoms with Gasteiger partial charge >= 0.3 is 0 Å². The fourth-order valence-corrected chi connectivity index (χ4v) is 1.90. The molecule has 0 saturated heterocycles. The molecular formula is C13H21ClN2O. The Bertz CT molecular complexity index is 344. The van der Waals surface area contributed by atoms with E-state index in [-0.39, 0.29) is 12.1 Å². The van der Waals surface area contributed by atoms with Gasteiger partial charge in [-0.15, -0.1) is 0 Å². The molecule has 96 valence electrons. The molecule has 1 rings (SSSR count). The molecule has 0 fully saturated rings. The van der Waals surface area contributed by atoms with Crippen molar-refractivity contribution in [1.29, 1.82) is 0 Å². The maximum absolute atomic E-state index is 9.69. The molecule has 2 atom stereocenters. The number of aromatic nitrogens is 1. The van der Waals surface area contributed by atoms with Crippen molar-refractivity contribution in [2.24, 2.45) is 5.92 Å². The van der Waals surface area contributed by atoms with Crippen LogP contribution >= 0.6 is 11.6 Å². The van der Waals surface area contributed by atoms with Crippen LogP contribution in [0.4, 0.5) is 0 Å². The van der Waals surface area contributed by atoms with Crippen LogP contribution in [0.25, 0.3) is 0 Å². The Morgan fingerprint density at radius 1 is 1.41 bits per heavy atom. The molecule has 0 aliphatic rings. The number of aliphatic hydroxyl groups is 1. The Hall–Kier alpha value is -0.640. The lowest BCUT2D eigenvalue weighted by atomic mass is 10.0. The molecule has 1 heterocycles. The lowest BCUT2D eigenvalue weighted by Gasteiger charge is -2.18. The molecular weight excluding hydrogens is 236 g/mol. The molecule has 0 aliphatic carbocycles. The predicted molar refractivity (Wildman–Crippen MR) is 71.1 cm³/mol. The summed E-state index contributed by atoms with van der Waals surface area (Å²) in [5, 5.41) is 13.6. The van der Waals surface area contributed by atoms with Gasteiger partial charge in [0.2, 0.25) is 0 Å². The second-order valence-corrected chi connectivity index (χ2v) is 5.02. The average molecular weight is 257 g/mol. The Morgan fingerprint density at radius 2 is 2.12 bits per heavy atom. The van der Waals surface area contributed by atoms with E-state index in [9.17, 15) is 5.11 Å². The van der Waals surface area contributed by atoms with Crippen LogP contribution in [0.2, 0.25) is 5.15 Å². The van der Waals surface area contributed by atoms with Crippen molar-refractivity contribution < 1.29 is 5.11 Å². The molecule has 2 unspecified atom stereocenters. The van der Waals surface area contributed by atoms with Crippen LogP contribution in [-0.2, 0) is 0 Å². The zero-order chi connectivity index (χ0) is 12.8. The van der Waals surface area contributed by atoms with Crippen molar-refractivity contribution in [2.45, 2.75) is 39.3 Å². The monoisotopic (exact) mass is 256 g/mol. The van der Waals surface area contributed by atoms with Gasteiger partial charge in [-0.1, -0.05) is 31.5 Å². The molecule has 2 N–H and O–H groups in total. The zero-order valence-electron chi connectivity index (χ0n) is 10.7. The first kappa shape index (κ1) is 14.4. The lowest BCUT2D eigenvalue weighted by Crippen LogP contribution is -2.26. The Balaban J connectivity index is 2.40. The molecule has 0 spiro atoms. The molecule has 0 aromatic carbocycles. The Morgan fingerprint density at radius 3 is 2.71 bits per heavy atom. The van der Waals surface area contributed by atoms with E-state index in [1.165, 1.54) is 0 Å². The minimum atomic E-state index is -0.251. The van der Waals surface area contributed by atoms with E-state index in [0.717, 1.165) is 18.5 Å². The number of halogens is 1. The molecule has 1 aromatic heterocycles. The third kappa shape index (κ3) is 4.62. The van der Waals surface area contributed by atoms with Gasteiger partial charge in [-0.3, -0.25) is 0 Å². The van der Waals surface area contributed by atoms with Crippen molar-refractivity contribution >= 4 is 11.6 Å². The van der Waals surface area contributed by atoms with Crippen LogP contribution in [0.3, 0.4) is 0 Å². The summed E-state index contributed by atoms with van der Waals surface area (Å²) in [6.45, 7) is 6.86. The molecule has 1 aromatic rings. The first-order valence-corrected chi connectivity index (χ1v) is 6.42. The summed E-state index contributed by atoms with van der Waals surface area (Å²) in [6.07, 6.45) is 2.18. The molecule has 0 aliphatic heterocycles. The fourth-order valence-electron chi connectivity index (χ4n) is 1.61. The van der Waals surface area contributed by atoms with E-state index < -0.39 is 0 Å². The quantitative estimate of drug-likeness (QED) is 0.770. The first-order chi connectivity index (χ1) is 8.02. The smallest absolute Gasteiger partial charge is 0.133 e. The topological polar surface area (TPSA) is 45.1 Å². The molecule has 0 radical (unpaired) electrons. The van der Waals surface area contributed by atoms with E-state index >= 15 is 0 Å². The molecule has 4 heteroatoms. The number of nitrogens with zero attached hydrogens (tertiary/aromatic N) is 1. The zero-order valence-corrected chi connectivity index (χ0v) is 11.4. The van der Waals surface area contributed by atoms with Crippen molar-refractivity contribution in [2.75, 3.05) is 6.54 Å². The van der Waals surface area contributed by atoms with Gasteiger partial charge < -0.3 is 10.4 Å². The Labute approximate surface area is 108 Å². The highest BCUT2D eigenvalue weighted by Crippen LogP contribution is 2.19. The second-order valence-electron chi connectivity index (χ2n) is 4.66. The molecule has 3 nitrogen and oxygen atoms in total. The van der Waals surface area contributed by atoms with E-state index in [1.54, 1.807) is 6.20 Å². The van der Waals surface area contributed by atoms with Crippen LogP contribution in [0.15, 0.2) is 18.3 Å². The van der Waals surface area contributed by atoms with E-state index in [2.05, 4.69) is 10.3 Å². The molecule has 17 heavy (non-hydrogen) atoms. The number of hydrogen-bond acceptors (Lipinski definition) is 3. The molecule has 0 bridgehead atoms. The third-order valence-electron chi connectivity index (χ3n) is 2.91. The molecule has 0 saturated carbocycles. The minimum Gasteiger partial charge on any atom is -0.393 e. The summed E-state index contributed by atoms with van der Waals surface area (Å²) in [4.78, 5) is 4.05.